The molecule has 0 aliphatic rings. The normalized spacial score (nSPS) is 14.8. The third-order valence-corrected chi connectivity index (χ3v) is 3.94. The molecule has 2 atom stereocenters. The van der Waals surface area contributed by atoms with Crippen LogP contribution < -0.4 is 5.32 Å². The lowest BCUT2D eigenvalue weighted by Gasteiger charge is -2.11. The Kier molecular flexibility index (Phi) is 4.14. The van der Waals surface area contributed by atoms with E-state index in [0.717, 1.165) is 16.9 Å². The molecule has 1 aromatic heterocycles. The summed E-state index contributed by atoms with van der Waals surface area (Å²) in [7, 11) is 1.26. The molecule has 0 aliphatic carbocycles. The topological polar surface area (TPSA) is 46.9 Å². The van der Waals surface area contributed by atoms with E-state index in [1.54, 1.807) is 6.26 Å². The largest absolute Gasteiger partial charge is 0.330 e. The van der Waals surface area contributed by atoms with Crippen LogP contribution in [0, 0.1) is 0 Å². The number of para-hydroxylation sites is 2. The minimum absolute atomic E-state index is 0.232. The number of rotatable bonds is 5. The van der Waals surface area contributed by atoms with E-state index in [1.807, 2.05) is 32.2 Å². The first-order valence-corrected chi connectivity index (χ1v) is 7.74. The summed E-state index contributed by atoms with van der Waals surface area (Å²) in [5, 5.41) is 3.36. The highest BCUT2D eigenvalue weighted by Crippen LogP contribution is 2.13. The lowest BCUT2D eigenvalue weighted by atomic mass is 10.3. The molecule has 1 N–H and O–H groups in total. The number of nitrogens with one attached hydrogen (secondary N) is 1. The summed E-state index contributed by atoms with van der Waals surface area (Å²) in [6, 6.07) is 8.33. The number of hydrogen-bond donors (Lipinski definition) is 1. The van der Waals surface area contributed by atoms with E-state index in [9.17, 15) is 4.21 Å². The molecule has 0 saturated heterocycles. The molecule has 5 heteroatoms. The van der Waals surface area contributed by atoms with Gasteiger partial charge in [-0.1, -0.05) is 12.1 Å². The molecule has 2 aromatic rings. The fraction of sp³-hybridized carbons (Fsp3) is 0.462. The van der Waals surface area contributed by atoms with E-state index in [2.05, 4.69) is 20.9 Å². The molecule has 0 saturated carbocycles. The van der Waals surface area contributed by atoms with Crippen molar-refractivity contribution < 1.29 is 4.21 Å². The summed E-state index contributed by atoms with van der Waals surface area (Å²) in [6.07, 6.45) is 1.73. The van der Waals surface area contributed by atoms with Gasteiger partial charge in [0.2, 0.25) is 0 Å². The predicted molar refractivity (Wildman–Crippen MR) is 75.9 cm³/mol. The van der Waals surface area contributed by atoms with Crippen LogP contribution in [0.3, 0.4) is 0 Å². The highest BCUT2D eigenvalue weighted by Gasteiger charge is 2.09. The standard InChI is InChI=1S/C13H19N3OS/c1-10(9-18(3)17)14-8-13-15-11-6-4-5-7-12(11)16(13)2/h4-7,10,14H,8-9H2,1-3H3. The summed E-state index contributed by atoms with van der Waals surface area (Å²) in [5.41, 5.74) is 2.16. The average Bonchev–Trinajstić information content (AvgIpc) is 2.64. The van der Waals surface area contributed by atoms with Crippen LogP contribution in [-0.4, -0.2) is 31.8 Å². The third-order valence-electron chi connectivity index (χ3n) is 2.97. The van der Waals surface area contributed by atoms with Gasteiger partial charge < -0.3 is 9.88 Å². The van der Waals surface area contributed by atoms with Crippen molar-refractivity contribution in [1.82, 2.24) is 14.9 Å². The maximum atomic E-state index is 11.1. The number of fused-ring (bicyclic) bond motifs is 1. The van der Waals surface area contributed by atoms with Gasteiger partial charge in [-0.3, -0.25) is 4.21 Å². The quantitative estimate of drug-likeness (QED) is 0.889. The van der Waals surface area contributed by atoms with Gasteiger partial charge in [-0.2, -0.15) is 0 Å². The van der Waals surface area contributed by atoms with E-state index in [0.29, 0.717) is 12.3 Å². The van der Waals surface area contributed by atoms with Gasteiger partial charge in [0.25, 0.3) is 0 Å². The number of nitrogens with zero attached hydrogens (tertiary/aromatic N) is 2. The molecular weight excluding hydrogens is 246 g/mol. The second kappa shape index (κ2) is 5.63. The molecule has 18 heavy (non-hydrogen) atoms. The van der Waals surface area contributed by atoms with Gasteiger partial charge in [0, 0.05) is 35.9 Å². The van der Waals surface area contributed by atoms with Crippen LogP contribution in [0.1, 0.15) is 12.7 Å². The van der Waals surface area contributed by atoms with Crippen LogP contribution in [0.2, 0.25) is 0 Å². The van der Waals surface area contributed by atoms with E-state index in [4.69, 9.17) is 0 Å². The first-order valence-electron chi connectivity index (χ1n) is 6.01. The molecule has 1 aromatic carbocycles. The van der Waals surface area contributed by atoms with Crippen LogP contribution in [0.5, 0.6) is 0 Å². The van der Waals surface area contributed by atoms with Crippen molar-refractivity contribution >= 4 is 21.8 Å². The van der Waals surface area contributed by atoms with Gasteiger partial charge in [-0.15, -0.1) is 0 Å². The number of aryl methyl sites for hydroxylation is 1. The van der Waals surface area contributed by atoms with Crippen molar-refractivity contribution in [3.8, 4) is 0 Å². The molecule has 0 fully saturated rings. The summed E-state index contributed by atoms with van der Waals surface area (Å²) in [5.74, 6) is 1.68. The molecule has 1 heterocycles. The lowest BCUT2D eigenvalue weighted by Crippen LogP contribution is -2.31. The van der Waals surface area contributed by atoms with Crippen molar-refractivity contribution in [3.63, 3.8) is 0 Å². The van der Waals surface area contributed by atoms with Crippen LogP contribution in [0.4, 0.5) is 0 Å². The highest BCUT2D eigenvalue weighted by molar-refractivity contribution is 7.84. The zero-order valence-corrected chi connectivity index (χ0v) is 11.8. The summed E-state index contributed by atoms with van der Waals surface area (Å²) < 4.78 is 13.2. The SMILES string of the molecule is CC(CS(C)=O)NCc1nc2ccccc2n1C. The minimum Gasteiger partial charge on any atom is -0.330 e. The predicted octanol–water partition coefficient (Wildman–Crippen LogP) is 1.43. The third kappa shape index (κ3) is 2.97. The van der Waals surface area contributed by atoms with E-state index in [-0.39, 0.29) is 6.04 Å². The van der Waals surface area contributed by atoms with Crippen LogP contribution in [0.15, 0.2) is 24.3 Å². The first-order chi connectivity index (χ1) is 8.58. The van der Waals surface area contributed by atoms with Crippen LogP contribution >= 0.6 is 0 Å². The van der Waals surface area contributed by atoms with E-state index < -0.39 is 10.8 Å². The minimum atomic E-state index is -0.763. The molecular formula is C13H19N3OS. The van der Waals surface area contributed by atoms with Gasteiger partial charge in [0.05, 0.1) is 17.6 Å². The van der Waals surface area contributed by atoms with Gasteiger partial charge >= 0.3 is 0 Å². The average molecular weight is 265 g/mol. The van der Waals surface area contributed by atoms with E-state index >= 15 is 0 Å². The van der Waals surface area contributed by atoms with Gasteiger partial charge in [0.1, 0.15) is 5.82 Å². The Bertz CT molecular complexity index is 564. The molecule has 0 aliphatic heterocycles. The van der Waals surface area contributed by atoms with Gasteiger partial charge in [-0.25, -0.2) is 4.98 Å². The monoisotopic (exact) mass is 265 g/mol. The fourth-order valence-corrected chi connectivity index (χ4v) is 2.85. The smallest absolute Gasteiger partial charge is 0.123 e. The van der Waals surface area contributed by atoms with Gasteiger partial charge in [0.15, 0.2) is 0 Å². The Balaban J connectivity index is 2.08. The number of imidazole rings is 1. The maximum absolute atomic E-state index is 11.1. The Morgan fingerprint density at radius 1 is 1.44 bits per heavy atom. The second-order valence-electron chi connectivity index (χ2n) is 4.60. The Morgan fingerprint density at radius 2 is 2.17 bits per heavy atom. The number of hydrogen-bond acceptors (Lipinski definition) is 3. The number of aromatic nitrogens is 2. The Hall–Kier alpha value is -1.20. The summed E-state index contributed by atoms with van der Waals surface area (Å²) >= 11 is 0. The van der Waals surface area contributed by atoms with Gasteiger partial charge in [-0.05, 0) is 19.1 Å². The van der Waals surface area contributed by atoms with Crippen molar-refractivity contribution in [2.24, 2.45) is 7.05 Å². The number of benzene rings is 1. The van der Waals surface area contributed by atoms with Crippen LogP contribution in [-0.2, 0) is 24.4 Å². The summed E-state index contributed by atoms with van der Waals surface area (Å²) in [6.45, 7) is 2.74. The molecule has 0 spiro atoms. The molecule has 2 unspecified atom stereocenters. The second-order valence-corrected chi connectivity index (χ2v) is 6.08. The molecule has 0 radical (unpaired) electrons. The Morgan fingerprint density at radius 3 is 2.83 bits per heavy atom. The van der Waals surface area contributed by atoms with Crippen molar-refractivity contribution in [2.75, 3.05) is 12.0 Å². The molecule has 98 valence electrons. The van der Waals surface area contributed by atoms with E-state index in [1.165, 1.54) is 0 Å². The fourth-order valence-electron chi connectivity index (χ4n) is 2.03. The molecule has 0 amide bonds. The summed E-state index contributed by atoms with van der Waals surface area (Å²) in [4.78, 5) is 4.59. The van der Waals surface area contributed by atoms with Crippen molar-refractivity contribution in [3.05, 3.63) is 30.1 Å². The zero-order valence-electron chi connectivity index (χ0n) is 11.0. The first kappa shape index (κ1) is 13.2. The van der Waals surface area contributed by atoms with Crippen molar-refractivity contribution in [2.45, 2.75) is 19.5 Å². The van der Waals surface area contributed by atoms with Crippen LogP contribution in [0.25, 0.3) is 11.0 Å². The lowest BCUT2D eigenvalue weighted by molar-refractivity contribution is 0.564. The molecule has 4 nitrogen and oxygen atoms in total. The molecule has 2 rings (SSSR count). The molecule has 0 bridgehead atoms. The Labute approximate surface area is 110 Å². The zero-order chi connectivity index (χ0) is 13.1. The maximum Gasteiger partial charge on any atom is 0.123 e. The van der Waals surface area contributed by atoms with Crippen molar-refractivity contribution in [1.29, 1.82) is 0 Å². The highest BCUT2D eigenvalue weighted by atomic mass is 32.2.